The van der Waals surface area contributed by atoms with Crippen molar-refractivity contribution in [2.45, 2.75) is 71.6 Å². The van der Waals surface area contributed by atoms with Crippen LogP contribution in [-0.4, -0.2) is 31.7 Å². The number of rotatable bonds is 6. The molecule has 0 bridgehead atoms. The second kappa shape index (κ2) is 13.9. The normalized spacial score (nSPS) is 16.7. The molecule has 1 aliphatic rings. The van der Waals surface area contributed by atoms with E-state index < -0.39 is 36.2 Å². The van der Waals surface area contributed by atoms with Gasteiger partial charge in [0, 0.05) is 46.0 Å². The Labute approximate surface area is 311 Å². The second-order valence-corrected chi connectivity index (χ2v) is 13.4. The SMILES string of the molecule is Cc1ccnc(-n2c3[c-]c(Oc4[c-]c(-n5nc(C)c(C6C(C(F)(F)F)=CCC[C@@H]6C(F)(F)F)c5C)cc(C(C)C)c4)ccc3c3ccccc32)c1.[Pt+2]. The number of aryl methyl sites for hydroxylation is 2. The molecule has 1 aliphatic carbocycles. The van der Waals surface area contributed by atoms with Gasteiger partial charge >= 0.3 is 33.4 Å². The molecule has 3 aromatic carbocycles. The predicted octanol–water partition coefficient (Wildman–Crippen LogP) is 11.3. The van der Waals surface area contributed by atoms with Crippen molar-refractivity contribution >= 4 is 21.8 Å². The summed E-state index contributed by atoms with van der Waals surface area (Å²) in [6, 6.07) is 25.8. The van der Waals surface area contributed by atoms with Crippen molar-refractivity contribution in [1.29, 1.82) is 0 Å². The number of aromatic nitrogens is 4. The number of halogens is 6. The number of alkyl halides is 6. The first kappa shape index (κ1) is 37.4. The Bertz CT molecular complexity index is 2320. The molecule has 0 saturated heterocycles. The number of ether oxygens (including phenoxy) is 1. The Hall–Kier alpha value is -4.37. The van der Waals surface area contributed by atoms with Crippen LogP contribution < -0.4 is 4.74 Å². The van der Waals surface area contributed by atoms with E-state index in [1.807, 2.05) is 73.9 Å². The third kappa shape index (κ3) is 6.80. The van der Waals surface area contributed by atoms with Gasteiger partial charge in [0.25, 0.3) is 0 Å². The molecule has 12 heteroatoms. The number of pyridine rings is 1. The zero-order valence-corrected chi connectivity index (χ0v) is 31.1. The van der Waals surface area contributed by atoms with Gasteiger partial charge in [0.2, 0.25) is 0 Å². The van der Waals surface area contributed by atoms with Crippen LogP contribution in [0.3, 0.4) is 0 Å². The number of fused-ring (bicyclic) bond motifs is 3. The van der Waals surface area contributed by atoms with Gasteiger partial charge in [-0.05, 0) is 74.4 Å². The Morgan fingerprint density at radius 2 is 1.63 bits per heavy atom. The van der Waals surface area contributed by atoms with Crippen LogP contribution in [0.1, 0.15) is 66.6 Å². The van der Waals surface area contributed by atoms with E-state index in [9.17, 15) is 26.3 Å². The third-order valence-electron chi connectivity index (χ3n) is 9.64. The summed E-state index contributed by atoms with van der Waals surface area (Å²) in [7, 11) is 0. The quantitative estimate of drug-likeness (QED) is 0.0951. The minimum Gasteiger partial charge on any atom is -0.509 e. The number of benzene rings is 3. The van der Waals surface area contributed by atoms with Crippen molar-refractivity contribution in [2.75, 3.05) is 0 Å². The minimum absolute atomic E-state index is 0. The monoisotopic (exact) mass is 895 g/mol. The van der Waals surface area contributed by atoms with E-state index in [2.05, 4.69) is 22.2 Å². The smallest absolute Gasteiger partial charge is 0.509 e. The first-order valence-electron chi connectivity index (χ1n) is 16.7. The van der Waals surface area contributed by atoms with Gasteiger partial charge < -0.3 is 9.30 Å². The van der Waals surface area contributed by atoms with Gasteiger partial charge in [0.1, 0.15) is 5.82 Å². The molecule has 0 amide bonds. The van der Waals surface area contributed by atoms with Crippen molar-refractivity contribution < 1.29 is 52.1 Å². The number of hydrogen-bond donors (Lipinski definition) is 0. The summed E-state index contributed by atoms with van der Waals surface area (Å²) < 4.78 is 95.3. The van der Waals surface area contributed by atoms with Gasteiger partial charge in [-0.2, -0.15) is 37.5 Å². The van der Waals surface area contributed by atoms with E-state index in [1.54, 1.807) is 18.3 Å². The molecule has 0 radical (unpaired) electrons. The average Bonchev–Trinajstić information content (AvgIpc) is 3.55. The summed E-state index contributed by atoms with van der Waals surface area (Å²) in [6.45, 7) is 8.88. The molecule has 0 aliphatic heterocycles. The van der Waals surface area contributed by atoms with Gasteiger partial charge in [-0.3, -0.25) is 4.68 Å². The first-order valence-corrected chi connectivity index (χ1v) is 16.7. The van der Waals surface area contributed by atoms with Crippen molar-refractivity contribution in [3.63, 3.8) is 0 Å². The molecule has 1 unspecified atom stereocenters. The maximum absolute atomic E-state index is 14.3. The van der Waals surface area contributed by atoms with E-state index in [1.165, 1.54) is 18.5 Å². The van der Waals surface area contributed by atoms with E-state index in [4.69, 9.17) is 4.74 Å². The van der Waals surface area contributed by atoms with Crippen LogP contribution in [0.4, 0.5) is 26.3 Å². The number of allylic oxidation sites excluding steroid dienone is 2. The molecule has 7 rings (SSSR count). The summed E-state index contributed by atoms with van der Waals surface area (Å²) in [4.78, 5) is 4.62. The minimum atomic E-state index is -4.93. The molecular formula is C40H34F6N4OPt. The van der Waals surface area contributed by atoms with Crippen LogP contribution >= 0.6 is 0 Å². The maximum atomic E-state index is 14.3. The van der Waals surface area contributed by atoms with Crippen molar-refractivity contribution in [2.24, 2.45) is 5.92 Å². The number of para-hydroxylation sites is 1. The van der Waals surface area contributed by atoms with E-state index in [0.29, 0.717) is 17.2 Å². The van der Waals surface area contributed by atoms with Crippen molar-refractivity contribution in [1.82, 2.24) is 19.3 Å². The Morgan fingerprint density at radius 3 is 2.33 bits per heavy atom. The van der Waals surface area contributed by atoms with Crippen LogP contribution in [0.25, 0.3) is 33.3 Å². The average molecular weight is 896 g/mol. The molecule has 2 atom stereocenters. The molecule has 0 spiro atoms. The fraction of sp³-hybridized carbons (Fsp3) is 0.300. The topological polar surface area (TPSA) is 44.9 Å². The summed E-state index contributed by atoms with van der Waals surface area (Å²) in [5, 5.41) is 6.47. The summed E-state index contributed by atoms with van der Waals surface area (Å²) in [6.07, 6.45) is -7.87. The Kier molecular flexibility index (Phi) is 9.98. The third-order valence-corrected chi connectivity index (χ3v) is 9.64. The van der Waals surface area contributed by atoms with Gasteiger partial charge in [-0.1, -0.05) is 43.6 Å². The fourth-order valence-corrected chi connectivity index (χ4v) is 7.25. The zero-order valence-electron chi connectivity index (χ0n) is 28.9. The number of nitrogens with zero attached hydrogens (tertiary/aromatic N) is 4. The van der Waals surface area contributed by atoms with Crippen molar-refractivity contribution in [3.8, 4) is 23.0 Å². The molecule has 52 heavy (non-hydrogen) atoms. The molecule has 6 aromatic rings. The van der Waals surface area contributed by atoms with Gasteiger partial charge in [0.05, 0.1) is 11.6 Å². The molecule has 3 aromatic heterocycles. The standard InChI is InChI=1S/C40H34F6N4O.Pt/c1-22(2)26-18-27(50-25(5)37(24(4)48-50)38-32(39(41,42)43)10-8-11-33(38)40(44,45)46)20-29(19-26)51-28-13-14-31-30-9-6-7-12-34(30)49(35(31)21-28)36-17-23(3)15-16-47-36;/h6-7,9-10,12-19,22,33,38H,8,11H2,1-5H3;/q-2;+2/t33-,38?;/m0./s1. The second-order valence-electron chi connectivity index (χ2n) is 13.4. The largest absolute Gasteiger partial charge is 2.00 e. The van der Waals surface area contributed by atoms with Gasteiger partial charge in [-0.15, -0.1) is 41.3 Å². The molecule has 3 heterocycles. The Morgan fingerprint density at radius 1 is 0.885 bits per heavy atom. The van der Waals surface area contributed by atoms with E-state index >= 15 is 0 Å². The molecule has 0 saturated carbocycles. The van der Waals surface area contributed by atoms with Crippen LogP contribution in [-0.2, 0) is 21.1 Å². The first-order chi connectivity index (χ1) is 24.1. The predicted molar refractivity (Wildman–Crippen MR) is 184 cm³/mol. The maximum Gasteiger partial charge on any atom is 2.00 e. The Balaban J connectivity index is 0.00000464. The summed E-state index contributed by atoms with van der Waals surface area (Å²) in [5.74, 6) is -2.75. The van der Waals surface area contributed by atoms with Gasteiger partial charge in [0.15, 0.2) is 0 Å². The summed E-state index contributed by atoms with van der Waals surface area (Å²) in [5.41, 5.74) is 2.88. The molecule has 5 nitrogen and oxygen atoms in total. The molecule has 0 N–H and O–H groups in total. The molecule has 0 fully saturated rings. The van der Waals surface area contributed by atoms with Crippen LogP contribution in [0.15, 0.2) is 78.5 Å². The summed E-state index contributed by atoms with van der Waals surface area (Å²) >= 11 is 0. The van der Waals surface area contributed by atoms with Crippen LogP contribution in [0.5, 0.6) is 11.5 Å². The van der Waals surface area contributed by atoms with Crippen LogP contribution in [0.2, 0.25) is 0 Å². The van der Waals surface area contributed by atoms with Gasteiger partial charge in [-0.25, -0.2) is 4.98 Å². The zero-order chi connectivity index (χ0) is 36.4. The fourth-order valence-electron chi connectivity index (χ4n) is 7.25. The number of hydrogen-bond acceptors (Lipinski definition) is 3. The molecule has 272 valence electrons. The van der Waals surface area contributed by atoms with Crippen molar-refractivity contribution in [3.05, 3.63) is 119 Å². The molecular weight excluding hydrogens is 862 g/mol. The van der Waals surface area contributed by atoms with Crippen LogP contribution in [0, 0.1) is 38.8 Å². The van der Waals surface area contributed by atoms with E-state index in [-0.39, 0.29) is 50.4 Å². The van der Waals surface area contributed by atoms with E-state index in [0.717, 1.165) is 44.8 Å².